The van der Waals surface area contributed by atoms with Gasteiger partial charge in [-0.2, -0.15) is 0 Å². The van der Waals surface area contributed by atoms with E-state index in [0.29, 0.717) is 109 Å². The summed E-state index contributed by atoms with van der Waals surface area (Å²) in [6.45, 7) is 62.3. The molecular weight excluding hydrogens is 1610 g/mol. The Morgan fingerprint density at radius 1 is 0.403 bits per heavy atom. The van der Waals surface area contributed by atoms with Crippen molar-refractivity contribution in [2.75, 3.05) is 52.4 Å². The van der Waals surface area contributed by atoms with E-state index < -0.39 is 85.4 Å². The molecule has 1 aromatic heterocycles. The maximum atomic E-state index is 13.2. The van der Waals surface area contributed by atoms with Crippen LogP contribution >= 0.6 is 0 Å². The number of hydrogen-bond donors (Lipinski definition) is 6. The van der Waals surface area contributed by atoms with Crippen LogP contribution in [0, 0.1) is 21.7 Å². The number of nitrogens with one attached hydrogen (secondary N) is 4. The lowest BCUT2D eigenvalue weighted by Crippen LogP contribution is -2.52. The molecular formula is C88H155N9O17S4Si. The number of aromatic nitrogens is 1. The minimum atomic E-state index is -1.90. The summed E-state index contributed by atoms with van der Waals surface area (Å²) in [5.74, 6) is -0.444. The molecule has 682 valence electrons. The molecule has 2 aromatic rings. The Labute approximate surface area is 725 Å². The molecule has 8 aliphatic rings. The quantitative estimate of drug-likeness (QED) is 0.0653. The predicted octanol–water partition coefficient (Wildman–Crippen LogP) is 15.8. The van der Waals surface area contributed by atoms with Crippen molar-refractivity contribution in [1.29, 1.82) is 0 Å². The number of nitrogens with zero attached hydrogens (tertiary/aromatic N) is 5. The van der Waals surface area contributed by atoms with Crippen molar-refractivity contribution < 1.29 is 79.1 Å². The summed E-state index contributed by atoms with van der Waals surface area (Å²) in [6, 6.07) is 9.55. The van der Waals surface area contributed by atoms with E-state index in [-0.39, 0.29) is 114 Å². The predicted molar refractivity (Wildman–Crippen MR) is 479 cm³/mol. The lowest BCUT2D eigenvalue weighted by atomic mass is 9.74. The number of carbonyl (C=O) groups excluding carboxylic acids is 5. The third kappa shape index (κ3) is 28.6. The molecule has 0 bridgehead atoms. The molecule has 0 unspecified atom stereocenters. The minimum Gasteiger partial charge on any atom is -0.458 e. The van der Waals surface area contributed by atoms with Crippen LogP contribution in [0.15, 0.2) is 36.5 Å². The summed E-state index contributed by atoms with van der Waals surface area (Å²) >= 11 is 0. The van der Waals surface area contributed by atoms with Crippen LogP contribution in [0.3, 0.4) is 0 Å². The van der Waals surface area contributed by atoms with Gasteiger partial charge in [0.05, 0.1) is 75.1 Å². The van der Waals surface area contributed by atoms with Gasteiger partial charge in [-0.1, -0.05) is 45.0 Å². The van der Waals surface area contributed by atoms with E-state index in [9.17, 15) is 51.0 Å². The van der Waals surface area contributed by atoms with E-state index >= 15 is 0 Å². The monoisotopic (exact) mass is 1770 g/mol. The van der Waals surface area contributed by atoms with E-state index in [1.165, 1.54) is 0 Å². The molecule has 4 amide bonds. The van der Waals surface area contributed by atoms with Crippen LogP contribution in [0.25, 0.3) is 10.8 Å². The van der Waals surface area contributed by atoms with Crippen molar-refractivity contribution in [3.8, 4) is 0 Å². The van der Waals surface area contributed by atoms with Gasteiger partial charge in [0.2, 0.25) is 0 Å². The molecule has 4 saturated carbocycles. The Kier molecular flexibility index (Phi) is 33.3. The lowest BCUT2D eigenvalue weighted by Gasteiger charge is -2.44. The first kappa shape index (κ1) is 102. The molecule has 1 aromatic carbocycles. The SMILES string of the molecule is CC(C)(C)OC(=O)N1CCC2(CC1)C[C@@H](O)C[C@H]2N[S@](=O)C(C)(C)C.CC(C)(C)OC(=O)N1CCC2(CC1)C[C@@H](O[Si](C)(C)C(C)(C)C)C[C@H]2N[S@](=O)C(C)(C)C.CC(C)(C)OC(=O)N1CCC2(CC1)C[C@H](O)C[C@H]2N[S@](=O)C(C)(C)C.CC(C)(C)OC(=O)N1CCC2(CC1)C[C@H](OC(=O)c1nccc3ccccc13)C[C@H]2N[S@](=O)C(C)(C)C. The average Bonchev–Trinajstić information content (AvgIpc) is 1.62. The summed E-state index contributed by atoms with van der Waals surface area (Å²) in [4.78, 5) is 74.4. The molecule has 4 saturated heterocycles. The largest absolute Gasteiger partial charge is 0.458 e. The highest BCUT2D eigenvalue weighted by atomic mass is 32.2. The number of likely N-dealkylation sites (tertiary alicyclic amines) is 4. The first-order chi connectivity index (χ1) is 54.2. The van der Waals surface area contributed by atoms with Gasteiger partial charge in [-0.25, -0.2) is 64.7 Å². The molecule has 4 aliphatic heterocycles. The fraction of sp³-hybridized carbons (Fsp3) is 0.841. The summed E-state index contributed by atoms with van der Waals surface area (Å²) in [6.07, 6.45) is 11.7. The standard InChI is InChI=1S/C28H39N3O5S.C24H48N2O4SSi.2C18H34N2O4S/c1-26(2,3)36-25(33)31-15-12-28(13-16-31)18-20(17-22(28)30-37(34)27(4,5)6)35-24(32)23-21-10-8-7-9-19(21)11-14-29-23;1-21(2,3)29-20(27)26-14-12-24(13-15-26)17-18(30-32(10,11)23(7,8)9)16-19(24)25-31(28)22(4,5)6;2*1-16(2,3)24-15(22)20-9-7-18(8-10-20)12-13(21)11-14(18)19-25(23)17(4,5)6/h7-11,14,20,22,30H,12-13,15-18H2,1-6H3;18-19,25H,12-17H2,1-11H3;2*13-14,19,21H,7-12H2,1-6H3/t20-,22-,37-;18-,19+,31+;13-,14+,25+;13-,14-,25-/m1001/s1. The molecule has 119 heavy (non-hydrogen) atoms. The number of ether oxygens (including phenoxy) is 5. The second-order valence-corrected chi connectivity index (χ2v) is 57.2. The van der Waals surface area contributed by atoms with Gasteiger partial charge in [-0.3, -0.25) is 0 Å². The molecule has 6 N–H and O–H groups in total. The Bertz CT molecular complexity index is 3770. The first-order valence-corrected chi connectivity index (χ1v) is 50.9. The summed E-state index contributed by atoms with van der Waals surface area (Å²) < 4.78 is 98.0. The Balaban J connectivity index is 0.000000222. The Hall–Kier alpha value is -4.28. The van der Waals surface area contributed by atoms with E-state index in [2.05, 4.69) is 57.7 Å². The maximum absolute atomic E-state index is 13.2. The average molecular weight is 1770 g/mol. The van der Waals surface area contributed by atoms with Crippen LogP contribution in [0.1, 0.15) is 300 Å². The number of pyridine rings is 1. The van der Waals surface area contributed by atoms with E-state index in [0.717, 1.165) is 62.1 Å². The van der Waals surface area contributed by atoms with Gasteiger partial charge in [0.25, 0.3) is 0 Å². The smallest absolute Gasteiger partial charge is 0.410 e. The number of aliphatic hydroxyl groups excluding tert-OH is 2. The second kappa shape index (κ2) is 38.9. The van der Waals surface area contributed by atoms with Gasteiger partial charge in [-0.05, 0) is 314 Å². The summed E-state index contributed by atoms with van der Waals surface area (Å²) in [7, 11) is -6.65. The molecule has 4 spiro atoms. The highest BCUT2D eigenvalue weighted by molar-refractivity contribution is 7.85. The van der Waals surface area contributed by atoms with Gasteiger partial charge < -0.3 is 57.9 Å². The van der Waals surface area contributed by atoms with Gasteiger partial charge in [0, 0.05) is 101 Å². The fourth-order valence-corrected chi connectivity index (χ4v) is 22.3. The topological polar surface area (TPSA) is 323 Å². The Morgan fingerprint density at radius 2 is 0.672 bits per heavy atom. The number of aliphatic hydroxyl groups is 2. The van der Waals surface area contributed by atoms with E-state index in [4.69, 9.17) is 28.1 Å². The zero-order chi connectivity index (χ0) is 89.8. The van der Waals surface area contributed by atoms with Crippen LogP contribution < -0.4 is 18.9 Å². The van der Waals surface area contributed by atoms with Crippen molar-refractivity contribution in [3.63, 3.8) is 0 Å². The van der Waals surface area contributed by atoms with Crippen molar-refractivity contribution in [2.45, 2.75) is 398 Å². The Morgan fingerprint density at radius 3 is 0.958 bits per heavy atom. The van der Waals surface area contributed by atoms with Crippen molar-refractivity contribution in [1.82, 2.24) is 43.5 Å². The number of rotatable bonds is 12. The number of fused-ring (bicyclic) bond motifs is 1. The summed E-state index contributed by atoms with van der Waals surface area (Å²) in [5, 5.41) is 22.3. The van der Waals surface area contributed by atoms with Crippen LogP contribution in [0.4, 0.5) is 19.2 Å². The normalized spacial score (nSPS) is 25.8. The molecule has 5 heterocycles. The molecule has 10 rings (SSSR count). The number of hydrogen-bond acceptors (Lipinski definition) is 18. The van der Waals surface area contributed by atoms with Crippen LogP contribution in [-0.2, 0) is 72.1 Å². The first-order valence-electron chi connectivity index (χ1n) is 43.4. The maximum Gasteiger partial charge on any atom is 0.410 e. The highest BCUT2D eigenvalue weighted by Gasteiger charge is 2.56. The lowest BCUT2D eigenvalue weighted by molar-refractivity contribution is 0.00402. The number of amides is 4. The zero-order valence-electron chi connectivity index (χ0n) is 77.9. The van der Waals surface area contributed by atoms with Crippen LogP contribution in [0.5, 0.6) is 0 Å². The molecule has 4 aliphatic carbocycles. The molecule has 12 atom stereocenters. The van der Waals surface area contributed by atoms with E-state index in [1.54, 1.807) is 20.9 Å². The van der Waals surface area contributed by atoms with Gasteiger partial charge in [-0.15, -0.1) is 0 Å². The number of piperidine rings is 4. The molecule has 31 heteroatoms. The van der Waals surface area contributed by atoms with Crippen LogP contribution in [-0.4, -0.2) is 233 Å². The van der Waals surface area contributed by atoms with Crippen molar-refractivity contribution in [3.05, 3.63) is 42.2 Å². The molecule has 8 fully saturated rings. The fourth-order valence-electron chi connectivity index (χ4n) is 17.1. The van der Waals surface area contributed by atoms with Crippen LogP contribution in [0.2, 0.25) is 18.1 Å². The van der Waals surface area contributed by atoms with Crippen molar-refractivity contribution >= 4 is 93.4 Å². The highest BCUT2D eigenvalue weighted by Crippen LogP contribution is 2.53. The summed E-state index contributed by atoms with van der Waals surface area (Å²) in [5.41, 5.74) is -2.17. The third-order valence-corrected chi connectivity index (χ3v) is 35.8. The second-order valence-electron chi connectivity index (χ2n) is 44.5. The van der Waals surface area contributed by atoms with Gasteiger partial charge in [0.15, 0.2) is 14.0 Å². The van der Waals surface area contributed by atoms with Gasteiger partial charge >= 0.3 is 30.3 Å². The minimum absolute atomic E-state index is 0.00749. The van der Waals surface area contributed by atoms with Crippen molar-refractivity contribution in [2.24, 2.45) is 21.7 Å². The third-order valence-electron chi connectivity index (χ3n) is 24.8. The zero-order valence-corrected chi connectivity index (χ0v) is 82.2. The van der Waals surface area contributed by atoms with Gasteiger partial charge in [0.1, 0.15) is 28.5 Å². The molecule has 0 radical (unpaired) electrons. The number of benzene rings is 1. The number of carbonyl (C=O) groups is 5. The number of esters is 1. The van der Waals surface area contributed by atoms with E-state index in [1.807, 2.05) is 201 Å². The molecule has 26 nitrogen and oxygen atoms in total.